The van der Waals surface area contributed by atoms with Crippen LogP contribution in [0.5, 0.6) is 0 Å². The molecule has 1 heterocycles. The Morgan fingerprint density at radius 2 is 2.31 bits per heavy atom. The minimum absolute atomic E-state index is 0.146. The number of amides is 1. The molecule has 0 unspecified atom stereocenters. The molecule has 1 rings (SSSR count). The molecule has 1 aromatic rings. The molecule has 16 heavy (non-hydrogen) atoms. The smallest absolute Gasteiger partial charge is 0.222 e. The second-order valence-electron chi connectivity index (χ2n) is 3.85. The van der Waals surface area contributed by atoms with Crippen molar-refractivity contribution in [3.8, 4) is 0 Å². The number of halogens is 1. The summed E-state index contributed by atoms with van der Waals surface area (Å²) in [4.78, 5) is 17.6. The van der Waals surface area contributed by atoms with E-state index < -0.39 is 0 Å². The van der Waals surface area contributed by atoms with E-state index in [1.165, 1.54) is 0 Å². The van der Waals surface area contributed by atoms with Crippen molar-refractivity contribution in [3.63, 3.8) is 0 Å². The fourth-order valence-corrected chi connectivity index (χ4v) is 1.60. The van der Waals surface area contributed by atoms with Gasteiger partial charge in [0.1, 0.15) is 5.82 Å². The number of unbranched alkanes of at least 4 members (excludes halogenated alkanes) is 1. The molecule has 90 valence electrons. The normalized spacial score (nSPS) is 10.4. The zero-order chi connectivity index (χ0) is 12.0. The lowest BCUT2D eigenvalue weighted by Crippen LogP contribution is -2.27. The van der Waals surface area contributed by atoms with Gasteiger partial charge in [0.05, 0.1) is 6.54 Å². The Morgan fingerprint density at radius 3 is 2.88 bits per heavy atom. The van der Waals surface area contributed by atoms with E-state index in [1.807, 2.05) is 17.8 Å². The SMILES string of the molecule is CN(Cc1nccn1C)C(=O)CCCCCl. The first-order chi connectivity index (χ1) is 7.65. The Morgan fingerprint density at radius 1 is 1.56 bits per heavy atom. The van der Waals surface area contributed by atoms with Gasteiger partial charge < -0.3 is 9.47 Å². The fourth-order valence-electron chi connectivity index (χ4n) is 1.41. The summed E-state index contributed by atoms with van der Waals surface area (Å²) in [6, 6.07) is 0. The van der Waals surface area contributed by atoms with Crippen LogP contribution in [0.15, 0.2) is 12.4 Å². The molecule has 0 radical (unpaired) electrons. The molecule has 0 aliphatic carbocycles. The number of imidazole rings is 1. The van der Waals surface area contributed by atoms with Crippen LogP contribution >= 0.6 is 11.6 Å². The number of aryl methyl sites for hydroxylation is 1. The second kappa shape index (κ2) is 6.53. The fraction of sp³-hybridized carbons (Fsp3) is 0.636. The van der Waals surface area contributed by atoms with E-state index in [0.717, 1.165) is 18.7 Å². The van der Waals surface area contributed by atoms with Crippen molar-refractivity contribution in [1.29, 1.82) is 0 Å². The molecule has 0 atom stereocenters. The number of aromatic nitrogens is 2. The van der Waals surface area contributed by atoms with Crippen molar-refractivity contribution in [2.75, 3.05) is 12.9 Å². The number of rotatable bonds is 6. The van der Waals surface area contributed by atoms with Gasteiger partial charge in [-0.05, 0) is 12.8 Å². The third kappa shape index (κ3) is 3.85. The van der Waals surface area contributed by atoms with Crippen LogP contribution in [0.25, 0.3) is 0 Å². The first-order valence-corrected chi connectivity index (χ1v) is 5.94. The van der Waals surface area contributed by atoms with Gasteiger partial charge in [-0.15, -0.1) is 11.6 Å². The summed E-state index contributed by atoms with van der Waals surface area (Å²) >= 11 is 5.56. The number of carbonyl (C=O) groups excluding carboxylic acids is 1. The van der Waals surface area contributed by atoms with Crippen molar-refractivity contribution in [2.45, 2.75) is 25.8 Å². The molecule has 0 aliphatic heterocycles. The lowest BCUT2D eigenvalue weighted by molar-refractivity contribution is -0.130. The molecular formula is C11H18ClN3O. The molecule has 0 bridgehead atoms. The van der Waals surface area contributed by atoms with Gasteiger partial charge in [0, 0.05) is 38.8 Å². The Labute approximate surface area is 101 Å². The van der Waals surface area contributed by atoms with E-state index in [9.17, 15) is 4.79 Å². The minimum Gasteiger partial charge on any atom is -0.338 e. The predicted molar refractivity (Wildman–Crippen MR) is 64.3 cm³/mol. The summed E-state index contributed by atoms with van der Waals surface area (Å²) < 4.78 is 1.92. The van der Waals surface area contributed by atoms with Gasteiger partial charge in [0.25, 0.3) is 0 Å². The van der Waals surface area contributed by atoms with Crippen LogP contribution in [-0.2, 0) is 18.4 Å². The predicted octanol–water partition coefficient (Wildman–Crippen LogP) is 1.79. The highest BCUT2D eigenvalue weighted by atomic mass is 35.5. The standard InChI is InChI=1S/C11H18ClN3O/c1-14-8-7-13-10(14)9-15(2)11(16)5-3-4-6-12/h7-8H,3-6,9H2,1-2H3. The van der Waals surface area contributed by atoms with E-state index in [1.54, 1.807) is 18.1 Å². The lowest BCUT2D eigenvalue weighted by Gasteiger charge is -2.16. The maximum Gasteiger partial charge on any atom is 0.222 e. The van der Waals surface area contributed by atoms with Gasteiger partial charge in [0.2, 0.25) is 5.91 Å². The van der Waals surface area contributed by atoms with Crippen molar-refractivity contribution in [3.05, 3.63) is 18.2 Å². The number of carbonyl (C=O) groups is 1. The summed E-state index contributed by atoms with van der Waals surface area (Å²) in [5.41, 5.74) is 0. The molecule has 1 amide bonds. The van der Waals surface area contributed by atoms with Crippen LogP contribution in [0.1, 0.15) is 25.1 Å². The zero-order valence-electron chi connectivity index (χ0n) is 9.82. The molecule has 0 saturated carbocycles. The summed E-state index contributed by atoms with van der Waals surface area (Å²) in [5.74, 6) is 1.66. The number of hydrogen-bond donors (Lipinski definition) is 0. The molecule has 0 aliphatic rings. The third-order valence-electron chi connectivity index (χ3n) is 2.50. The van der Waals surface area contributed by atoms with Crippen LogP contribution in [0.3, 0.4) is 0 Å². The maximum atomic E-state index is 11.7. The molecule has 1 aromatic heterocycles. The van der Waals surface area contributed by atoms with Crippen molar-refractivity contribution >= 4 is 17.5 Å². The molecular weight excluding hydrogens is 226 g/mol. The topological polar surface area (TPSA) is 38.1 Å². The zero-order valence-corrected chi connectivity index (χ0v) is 10.6. The average Bonchev–Trinajstić information content (AvgIpc) is 2.64. The Bertz CT molecular complexity index is 338. The molecule has 0 spiro atoms. The molecule has 0 N–H and O–H groups in total. The van der Waals surface area contributed by atoms with Crippen LogP contribution < -0.4 is 0 Å². The average molecular weight is 244 g/mol. The van der Waals surface area contributed by atoms with E-state index >= 15 is 0 Å². The van der Waals surface area contributed by atoms with E-state index in [0.29, 0.717) is 18.8 Å². The summed E-state index contributed by atoms with van der Waals surface area (Å²) in [5, 5.41) is 0. The van der Waals surface area contributed by atoms with Gasteiger partial charge in [0.15, 0.2) is 0 Å². The maximum absolute atomic E-state index is 11.7. The van der Waals surface area contributed by atoms with Crippen molar-refractivity contribution in [2.24, 2.45) is 7.05 Å². The number of nitrogens with zero attached hydrogens (tertiary/aromatic N) is 3. The monoisotopic (exact) mass is 243 g/mol. The summed E-state index contributed by atoms with van der Waals surface area (Å²) in [6.45, 7) is 0.559. The summed E-state index contributed by atoms with van der Waals surface area (Å²) in [7, 11) is 3.73. The van der Waals surface area contributed by atoms with E-state index in [-0.39, 0.29) is 5.91 Å². The van der Waals surface area contributed by atoms with Gasteiger partial charge in [-0.2, -0.15) is 0 Å². The summed E-state index contributed by atoms with van der Waals surface area (Å²) in [6.07, 6.45) is 5.92. The molecule has 0 aromatic carbocycles. The van der Waals surface area contributed by atoms with Gasteiger partial charge in [-0.25, -0.2) is 4.98 Å². The third-order valence-corrected chi connectivity index (χ3v) is 2.77. The van der Waals surface area contributed by atoms with Gasteiger partial charge >= 0.3 is 0 Å². The second-order valence-corrected chi connectivity index (χ2v) is 4.23. The minimum atomic E-state index is 0.146. The Balaban J connectivity index is 2.37. The molecule has 4 nitrogen and oxygen atoms in total. The molecule has 0 fully saturated rings. The van der Waals surface area contributed by atoms with Gasteiger partial charge in [-0.1, -0.05) is 0 Å². The number of alkyl halides is 1. The first kappa shape index (κ1) is 13.0. The highest BCUT2D eigenvalue weighted by Crippen LogP contribution is 2.04. The van der Waals surface area contributed by atoms with Crippen LogP contribution in [0, 0.1) is 0 Å². The molecule has 0 saturated heterocycles. The molecule has 5 heteroatoms. The highest BCUT2D eigenvalue weighted by Gasteiger charge is 2.10. The Kier molecular flexibility index (Phi) is 5.32. The highest BCUT2D eigenvalue weighted by molar-refractivity contribution is 6.17. The van der Waals surface area contributed by atoms with Crippen molar-refractivity contribution in [1.82, 2.24) is 14.5 Å². The van der Waals surface area contributed by atoms with E-state index in [2.05, 4.69) is 4.98 Å². The Hall–Kier alpha value is -1.03. The van der Waals surface area contributed by atoms with Crippen molar-refractivity contribution < 1.29 is 4.79 Å². The van der Waals surface area contributed by atoms with Crippen LogP contribution in [-0.4, -0.2) is 33.3 Å². The number of hydrogen-bond acceptors (Lipinski definition) is 2. The first-order valence-electron chi connectivity index (χ1n) is 5.41. The van der Waals surface area contributed by atoms with Crippen LogP contribution in [0.2, 0.25) is 0 Å². The largest absolute Gasteiger partial charge is 0.338 e. The quantitative estimate of drug-likeness (QED) is 0.564. The lowest BCUT2D eigenvalue weighted by atomic mass is 10.2. The van der Waals surface area contributed by atoms with Crippen LogP contribution in [0.4, 0.5) is 0 Å². The van der Waals surface area contributed by atoms with Gasteiger partial charge in [-0.3, -0.25) is 4.79 Å². The van der Waals surface area contributed by atoms with E-state index in [4.69, 9.17) is 11.6 Å².